The molecule has 1 atom stereocenters. The molecule has 0 radical (unpaired) electrons. The summed E-state index contributed by atoms with van der Waals surface area (Å²) >= 11 is 0. The zero-order valence-electron chi connectivity index (χ0n) is 15.0. The molecule has 0 fully saturated rings. The van der Waals surface area contributed by atoms with Crippen LogP contribution in [0.15, 0.2) is 54.6 Å². The van der Waals surface area contributed by atoms with E-state index in [0.717, 1.165) is 5.56 Å². The van der Waals surface area contributed by atoms with Gasteiger partial charge in [0.1, 0.15) is 19.0 Å². The van der Waals surface area contributed by atoms with Gasteiger partial charge in [0.15, 0.2) is 6.61 Å². The van der Waals surface area contributed by atoms with E-state index in [4.69, 9.17) is 20.6 Å². The minimum atomic E-state index is -0.526. The Morgan fingerprint density at radius 1 is 1.11 bits per heavy atom. The molecule has 0 aliphatic carbocycles. The Morgan fingerprint density at radius 3 is 2.63 bits per heavy atom. The van der Waals surface area contributed by atoms with Crippen molar-refractivity contribution in [1.82, 2.24) is 5.32 Å². The van der Waals surface area contributed by atoms with Gasteiger partial charge in [-0.25, -0.2) is 9.59 Å². The van der Waals surface area contributed by atoms with Crippen molar-refractivity contribution < 1.29 is 23.8 Å². The Bertz CT molecular complexity index is 798. The van der Waals surface area contributed by atoms with Gasteiger partial charge in [-0.15, -0.1) is 6.42 Å². The van der Waals surface area contributed by atoms with Gasteiger partial charge in [-0.1, -0.05) is 42.3 Å². The van der Waals surface area contributed by atoms with Crippen LogP contribution in [-0.4, -0.2) is 31.3 Å². The number of amides is 1. The summed E-state index contributed by atoms with van der Waals surface area (Å²) in [5.74, 6) is 2.20. The molecular formula is C21H21NO5. The third-order valence-corrected chi connectivity index (χ3v) is 3.43. The molecule has 6 heteroatoms. The van der Waals surface area contributed by atoms with Crippen LogP contribution in [0.1, 0.15) is 22.8 Å². The lowest BCUT2D eigenvalue weighted by molar-refractivity contribution is 0.0556. The zero-order chi connectivity index (χ0) is 19.5. The summed E-state index contributed by atoms with van der Waals surface area (Å²) in [6, 6.07) is 15.7. The highest BCUT2D eigenvalue weighted by molar-refractivity contribution is 5.89. The summed E-state index contributed by atoms with van der Waals surface area (Å²) in [5.41, 5.74) is 1.25. The average molecular weight is 367 g/mol. The molecule has 0 aliphatic heterocycles. The summed E-state index contributed by atoms with van der Waals surface area (Å²) in [6.45, 7) is 2.11. The Kier molecular flexibility index (Phi) is 7.73. The fourth-order valence-corrected chi connectivity index (χ4v) is 2.13. The predicted octanol–water partition coefficient (Wildman–Crippen LogP) is 3.17. The molecule has 2 aromatic carbocycles. The van der Waals surface area contributed by atoms with E-state index in [9.17, 15) is 9.59 Å². The number of terminal acetylenes is 1. The molecule has 0 bridgehead atoms. The molecule has 6 nitrogen and oxygen atoms in total. The van der Waals surface area contributed by atoms with Crippen LogP contribution in [0.2, 0.25) is 0 Å². The molecule has 140 valence electrons. The van der Waals surface area contributed by atoms with Crippen molar-refractivity contribution in [1.29, 1.82) is 0 Å². The maximum Gasteiger partial charge on any atom is 0.407 e. The maximum absolute atomic E-state index is 11.8. The first kappa shape index (κ1) is 19.9. The van der Waals surface area contributed by atoms with Gasteiger partial charge in [-0.3, -0.25) is 0 Å². The lowest BCUT2D eigenvalue weighted by Crippen LogP contribution is -2.37. The number of carbonyl (C=O) groups excluding carboxylic acids is 2. The van der Waals surface area contributed by atoms with Gasteiger partial charge in [0.25, 0.3) is 0 Å². The van der Waals surface area contributed by atoms with E-state index >= 15 is 0 Å². The van der Waals surface area contributed by atoms with Gasteiger partial charge in [0.05, 0.1) is 11.6 Å². The first-order valence-corrected chi connectivity index (χ1v) is 8.39. The zero-order valence-corrected chi connectivity index (χ0v) is 15.0. The Balaban J connectivity index is 1.76. The fourth-order valence-electron chi connectivity index (χ4n) is 2.13. The molecule has 0 spiro atoms. The lowest BCUT2D eigenvalue weighted by Gasteiger charge is -2.15. The van der Waals surface area contributed by atoms with Crippen molar-refractivity contribution in [3.63, 3.8) is 0 Å². The van der Waals surface area contributed by atoms with Gasteiger partial charge in [-0.05, 0) is 30.7 Å². The first-order valence-electron chi connectivity index (χ1n) is 8.39. The second kappa shape index (κ2) is 10.5. The first-order chi connectivity index (χ1) is 13.1. The SMILES string of the molecule is C#CCOC(=O)c1cccc(OCC(C)NC(=O)OCc2ccccc2)c1. The highest BCUT2D eigenvalue weighted by Crippen LogP contribution is 2.14. The smallest absolute Gasteiger partial charge is 0.407 e. The quantitative estimate of drug-likeness (QED) is 0.573. The summed E-state index contributed by atoms with van der Waals surface area (Å²) in [4.78, 5) is 23.6. The number of alkyl carbamates (subject to hydrolysis) is 1. The molecule has 0 aromatic heterocycles. The van der Waals surface area contributed by atoms with Crippen LogP contribution < -0.4 is 10.1 Å². The minimum absolute atomic E-state index is 0.0873. The van der Waals surface area contributed by atoms with Crippen molar-refractivity contribution in [3.05, 3.63) is 65.7 Å². The molecule has 0 aliphatic rings. The average Bonchev–Trinajstić information content (AvgIpc) is 2.70. The van der Waals surface area contributed by atoms with E-state index in [1.54, 1.807) is 31.2 Å². The summed E-state index contributed by atoms with van der Waals surface area (Å²) in [7, 11) is 0. The molecule has 1 amide bonds. The molecule has 0 saturated carbocycles. The molecule has 27 heavy (non-hydrogen) atoms. The number of hydrogen-bond donors (Lipinski definition) is 1. The number of carbonyl (C=O) groups is 2. The summed E-state index contributed by atoms with van der Waals surface area (Å²) < 4.78 is 15.6. The van der Waals surface area contributed by atoms with Crippen molar-refractivity contribution in [2.45, 2.75) is 19.6 Å². The van der Waals surface area contributed by atoms with Crippen LogP contribution in [0, 0.1) is 12.3 Å². The Morgan fingerprint density at radius 2 is 1.89 bits per heavy atom. The number of rotatable bonds is 8. The van der Waals surface area contributed by atoms with Gasteiger partial charge >= 0.3 is 12.1 Å². The van der Waals surface area contributed by atoms with Gasteiger partial charge in [0.2, 0.25) is 0 Å². The third-order valence-electron chi connectivity index (χ3n) is 3.43. The van der Waals surface area contributed by atoms with Gasteiger partial charge in [-0.2, -0.15) is 0 Å². The number of esters is 1. The molecule has 0 saturated heterocycles. The summed E-state index contributed by atoms with van der Waals surface area (Å²) in [6.07, 6.45) is 4.54. The van der Waals surface area contributed by atoms with Crippen LogP contribution in [-0.2, 0) is 16.1 Å². The highest BCUT2D eigenvalue weighted by atomic mass is 16.5. The number of hydrogen-bond acceptors (Lipinski definition) is 5. The highest BCUT2D eigenvalue weighted by Gasteiger charge is 2.11. The monoisotopic (exact) mass is 367 g/mol. The van der Waals surface area contributed by atoms with Crippen LogP contribution in [0.3, 0.4) is 0 Å². The van der Waals surface area contributed by atoms with Crippen molar-refractivity contribution in [3.8, 4) is 18.1 Å². The van der Waals surface area contributed by atoms with E-state index in [1.807, 2.05) is 30.3 Å². The molecular weight excluding hydrogens is 346 g/mol. The minimum Gasteiger partial charge on any atom is -0.491 e. The normalized spacial score (nSPS) is 11.0. The topological polar surface area (TPSA) is 73.9 Å². The maximum atomic E-state index is 11.8. The van der Waals surface area contributed by atoms with Crippen LogP contribution in [0.5, 0.6) is 5.75 Å². The molecule has 1 N–H and O–H groups in total. The lowest BCUT2D eigenvalue weighted by atomic mass is 10.2. The number of nitrogens with one attached hydrogen (secondary N) is 1. The molecule has 0 heterocycles. The molecule has 1 unspecified atom stereocenters. The Labute approximate surface area is 158 Å². The van der Waals surface area contributed by atoms with E-state index in [-0.39, 0.29) is 25.9 Å². The molecule has 2 aromatic rings. The van der Waals surface area contributed by atoms with Crippen molar-refractivity contribution in [2.75, 3.05) is 13.2 Å². The van der Waals surface area contributed by atoms with E-state index < -0.39 is 12.1 Å². The van der Waals surface area contributed by atoms with E-state index in [1.165, 1.54) is 0 Å². The van der Waals surface area contributed by atoms with Crippen molar-refractivity contribution >= 4 is 12.1 Å². The van der Waals surface area contributed by atoms with Crippen LogP contribution >= 0.6 is 0 Å². The molecule has 2 rings (SSSR count). The van der Waals surface area contributed by atoms with Crippen LogP contribution in [0.25, 0.3) is 0 Å². The largest absolute Gasteiger partial charge is 0.491 e. The van der Waals surface area contributed by atoms with E-state index in [0.29, 0.717) is 11.3 Å². The van der Waals surface area contributed by atoms with E-state index in [2.05, 4.69) is 11.2 Å². The summed E-state index contributed by atoms with van der Waals surface area (Å²) in [5, 5.41) is 2.69. The second-order valence-corrected chi connectivity index (χ2v) is 5.73. The standard InChI is InChI=1S/C21H21NO5/c1-3-12-25-20(23)18-10-7-11-19(13-18)26-14-16(2)22-21(24)27-15-17-8-5-4-6-9-17/h1,4-11,13,16H,12,14-15H2,2H3,(H,22,24). The third kappa shape index (κ3) is 7.12. The number of benzene rings is 2. The van der Waals surface area contributed by atoms with Crippen LogP contribution in [0.4, 0.5) is 4.79 Å². The predicted molar refractivity (Wildman–Crippen MR) is 100 cm³/mol. The van der Waals surface area contributed by atoms with Gasteiger partial charge in [0, 0.05) is 0 Å². The number of ether oxygens (including phenoxy) is 3. The second-order valence-electron chi connectivity index (χ2n) is 5.73. The fraction of sp³-hybridized carbons (Fsp3) is 0.238. The Hall–Kier alpha value is -3.46. The van der Waals surface area contributed by atoms with Crippen molar-refractivity contribution in [2.24, 2.45) is 0 Å². The van der Waals surface area contributed by atoms with Gasteiger partial charge < -0.3 is 19.5 Å².